The Morgan fingerprint density at radius 3 is 2.06 bits per heavy atom. The molecule has 0 aliphatic carbocycles. The molecule has 0 saturated carbocycles. The molecular weight excluding hydrogens is 408 g/mol. The molecule has 0 atom stereocenters. The first kappa shape index (κ1) is 23.6. The second kappa shape index (κ2) is 10.5. The van der Waals surface area contributed by atoms with Gasteiger partial charge in [-0.2, -0.15) is 0 Å². The first-order chi connectivity index (χ1) is 15.3. The summed E-state index contributed by atoms with van der Waals surface area (Å²) in [4.78, 5) is 26.9. The maximum atomic E-state index is 12.2. The average molecular weight is 443 g/mol. The van der Waals surface area contributed by atoms with Crippen LogP contribution in [0.3, 0.4) is 0 Å². The van der Waals surface area contributed by atoms with Crippen LogP contribution in [0.4, 0.5) is 23.0 Å². The van der Waals surface area contributed by atoms with E-state index in [1.165, 1.54) is 6.33 Å². The third-order valence-corrected chi connectivity index (χ3v) is 5.45. The summed E-state index contributed by atoms with van der Waals surface area (Å²) in [5, 5.41) is 12.2. The van der Waals surface area contributed by atoms with Gasteiger partial charge in [-0.05, 0) is 36.1 Å². The van der Waals surface area contributed by atoms with Crippen molar-refractivity contribution in [3.05, 3.63) is 40.7 Å². The standard InChI is InChI=1S/C23H34N6O3/c1-17(2)14-28(15-18(3)4)23-21(29(30)31)22(24-16-25-23)27-12-10-26(11-13-27)19-6-8-20(32-5)9-7-19/h6-9,16-18H,10-15H2,1-5H3. The van der Waals surface area contributed by atoms with Crippen molar-refractivity contribution in [3.63, 3.8) is 0 Å². The number of anilines is 3. The van der Waals surface area contributed by atoms with Gasteiger partial charge in [0, 0.05) is 45.0 Å². The second-order valence-corrected chi connectivity index (χ2v) is 8.99. The highest BCUT2D eigenvalue weighted by molar-refractivity contribution is 5.71. The summed E-state index contributed by atoms with van der Waals surface area (Å²) in [6.45, 7) is 12.7. The van der Waals surface area contributed by atoms with Crippen molar-refractivity contribution >= 4 is 23.0 Å². The van der Waals surface area contributed by atoms with Crippen LogP contribution in [0.5, 0.6) is 5.75 Å². The highest BCUT2D eigenvalue weighted by atomic mass is 16.6. The smallest absolute Gasteiger partial charge is 0.353 e. The molecule has 0 radical (unpaired) electrons. The van der Waals surface area contributed by atoms with Crippen LogP contribution in [0.25, 0.3) is 0 Å². The predicted octanol–water partition coefficient (Wildman–Crippen LogP) is 3.84. The molecule has 1 aromatic carbocycles. The van der Waals surface area contributed by atoms with Gasteiger partial charge in [0.2, 0.25) is 11.6 Å². The first-order valence-electron chi connectivity index (χ1n) is 11.2. The van der Waals surface area contributed by atoms with Gasteiger partial charge in [-0.15, -0.1) is 0 Å². The first-order valence-corrected chi connectivity index (χ1v) is 11.2. The molecule has 9 heteroatoms. The number of benzene rings is 1. The maximum absolute atomic E-state index is 12.2. The van der Waals surface area contributed by atoms with Crippen molar-refractivity contribution in [2.24, 2.45) is 11.8 Å². The second-order valence-electron chi connectivity index (χ2n) is 8.99. The van der Waals surface area contributed by atoms with Gasteiger partial charge in [0.1, 0.15) is 12.1 Å². The fourth-order valence-corrected chi connectivity index (χ4v) is 4.09. The van der Waals surface area contributed by atoms with E-state index in [0.29, 0.717) is 49.7 Å². The summed E-state index contributed by atoms with van der Waals surface area (Å²) in [5.41, 5.74) is 1.12. The number of rotatable bonds is 9. The third kappa shape index (κ3) is 5.57. The Kier molecular flexibility index (Phi) is 7.71. The number of ether oxygens (including phenoxy) is 1. The lowest BCUT2D eigenvalue weighted by molar-refractivity contribution is -0.383. The molecule has 0 amide bonds. The molecule has 0 bridgehead atoms. The SMILES string of the molecule is COc1ccc(N2CCN(c3ncnc(N(CC(C)C)CC(C)C)c3[N+](=O)[O-])CC2)cc1. The van der Waals surface area contributed by atoms with Gasteiger partial charge in [0.25, 0.3) is 0 Å². The molecular formula is C23H34N6O3. The van der Waals surface area contributed by atoms with Crippen LogP contribution < -0.4 is 19.4 Å². The monoisotopic (exact) mass is 442 g/mol. The molecule has 2 aromatic rings. The van der Waals surface area contributed by atoms with Crippen LogP contribution in [0.15, 0.2) is 30.6 Å². The number of nitrogens with zero attached hydrogens (tertiary/aromatic N) is 6. The Morgan fingerprint density at radius 1 is 1.00 bits per heavy atom. The highest BCUT2D eigenvalue weighted by Crippen LogP contribution is 2.35. The van der Waals surface area contributed by atoms with Crippen LogP contribution in [0.1, 0.15) is 27.7 Å². The zero-order chi connectivity index (χ0) is 23.3. The van der Waals surface area contributed by atoms with Gasteiger partial charge < -0.3 is 19.4 Å². The zero-order valence-corrected chi connectivity index (χ0v) is 19.7. The van der Waals surface area contributed by atoms with Gasteiger partial charge in [0.15, 0.2) is 0 Å². The minimum Gasteiger partial charge on any atom is -0.497 e. The van der Waals surface area contributed by atoms with E-state index in [0.717, 1.165) is 24.5 Å². The summed E-state index contributed by atoms with van der Waals surface area (Å²) in [6, 6.07) is 7.97. The number of nitro groups is 1. The summed E-state index contributed by atoms with van der Waals surface area (Å²) < 4.78 is 5.24. The Morgan fingerprint density at radius 2 is 1.56 bits per heavy atom. The third-order valence-electron chi connectivity index (χ3n) is 5.45. The maximum Gasteiger partial charge on any atom is 0.353 e. The van der Waals surface area contributed by atoms with E-state index in [2.05, 4.69) is 42.6 Å². The van der Waals surface area contributed by atoms with Crippen molar-refractivity contribution in [1.29, 1.82) is 0 Å². The lowest BCUT2D eigenvalue weighted by Gasteiger charge is -2.36. The summed E-state index contributed by atoms with van der Waals surface area (Å²) in [5.74, 6) is 2.37. The quantitative estimate of drug-likeness (QED) is 0.428. The van der Waals surface area contributed by atoms with Crippen LogP contribution in [0, 0.1) is 22.0 Å². The number of aromatic nitrogens is 2. The van der Waals surface area contributed by atoms with E-state index in [-0.39, 0.29) is 10.6 Å². The van der Waals surface area contributed by atoms with Crippen molar-refractivity contribution in [1.82, 2.24) is 9.97 Å². The van der Waals surface area contributed by atoms with Crippen molar-refractivity contribution in [3.8, 4) is 5.75 Å². The molecule has 1 aromatic heterocycles. The van der Waals surface area contributed by atoms with Gasteiger partial charge in [-0.25, -0.2) is 9.97 Å². The molecule has 174 valence electrons. The van der Waals surface area contributed by atoms with E-state index in [1.54, 1.807) is 7.11 Å². The van der Waals surface area contributed by atoms with E-state index in [1.807, 2.05) is 34.1 Å². The number of hydrogen-bond acceptors (Lipinski definition) is 8. The normalized spacial score (nSPS) is 14.2. The molecule has 0 N–H and O–H groups in total. The molecule has 9 nitrogen and oxygen atoms in total. The van der Waals surface area contributed by atoms with E-state index < -0.39 is 0 Å². The Balaban J connectivity index is 1.83. The topological polar surface area (TPSA) is 87.9 Å². The van der Waals surface area contributed by atoms with Gasteiger partial charge >= 0.3 is 5.69 Å². The zero-order valence-electron chi connectivity index (χ0n) is 19.7. The van der Waals surface area contributed by atoms with Crippen LogP contribution in [-0.4, -0.2) is 61.3 Å². The van der Waals surface area contributed by atoms with Crippen molar-refractivity contribution in [2.75, 3.05) is 61.1 Å². The van der Waals surface area contributed by atoms with Gasteiger partial charge in [0.05, 0.1) is 12.0 Å². The van der Waals surface area contributed by atoms with Crippen LogP contribution in [0.2, 0.25) is 0 Å². The van der Waals surface area contributed by atoms with E-state index in [4.69, 9.17) is 4.74 Å². The largest absolute Gasteiger partial charge is 0.497 e. The lowest BCUT2D eigenvalue weighted by atomic mass is 10.1. The number of methoxy groups -OCH3 is 1. The number of piperazine rings is 1. The number of hydrogen-bond donors (Lipinski definition) is 0. The van der Waals surface area contributed by atoms with Crippen LogP contribution >= 0.6 is 0 Å². The molecule has 1 aliphatic heterocycles. The highest BCUT2D eigenvalue weighted by Gasteiger charge is 2.32. The molecule has 1 aliphatic rings. The molecule has 2 heterocycles. The molecule has 1 saturated heterocycles. The molecule has 32 heavy (non-hydrogen) atoms. The Hall–Kier alpha value is -3.10. The Bertz CT molecular complexity index is 885. The molecule has 0 unspecified atom stereocenters. The molecule has 0 spiro atoms. The van der Waals surface area contributed by atoms with Gasteiger partial charge in [-0.1, -0.05) is 27.7 Å². The fourth-order valence-electron chi connectivity index (χ4n) is 4.09. The van der Waals surface area contributed by atoms with Gasteiger partial charge in [-0.3, -0.25) is 10.1 Å². The fraction of sp³-hybridized carbons (Fsp3) is 0.565. The minimum atomic E-state index is -0.325. The lowest BCUT2D eigenvalue weighted by Crippen LogP contribution is -2.47. The van der Waals surface area contributed by atoms with E-state index in [9.17, 15) is 10.1 Å². The van der Waals surface area contributed by atoms with E-state index >= 15 is 0 Å². The van der Waals surface area contributed by atoms with Crippen molar-refractivity contribution < 1.29 is 9.66 Å². The van der Waals surface area contributed by atoms with Crippen LogP contribution in [-0.2, 0) is 0 Å². The summed E-state index contributed by atoms with van der Waals surface area (Å²) >= 11 is 0. The summed E-state index contributed by atoms with van der Waals surface area (Å²) in [6.07, 6.45) is 1.46. The molecule has 1 fully saturated rings. The predicted molar refractivity (Wildman–Crippen MR) is 128 cm³/mol. The molecule has 3 rings (SSSR count). The summed E-state index contributed by atoms with van der Waals surface area (Å²) in [7, 11) is 1.65. The average Bonchev–Trinajstić information content (AvgIpc) is 2.77. The van der Waals surface area contributed by atoms with Crippen molar-refractivity contribution in [2.45, 2.75) is 27.7 Å². The minimum absolute atomic E-state index is 0.00620. The Labute approximate surface area is 190 Å².